The van der Waals surface area contributed by atoms with Crippen molar-refractivity contribution in [1.82, 2.24) is 19.7 Å². The zero-order chi connectivity index (χ0) is 10.1. The second-order valence-corrected chi connectivity index (χ2v) is 3.58. The maximum absolute atomic E-state index is 5.95. The molecule has 2 aromatic rings. The van der Waals surface area contributed by atoms with Crippen LogP contribution in [0.3, 0.4) is 0 Å². The number of fused-ring (bicyclic) bond motifs is 1. The first kappa shape index (κ1) is 9.68. The SMILES string of the molecule is CCCn1ncc2nc(Cl)nc(Cl)c21. The Labute approximate surface area is 90.9 Å². The zero-order valence-electron chi connectivity index (χ0n) is 7.54. The van der Waals surface area contributed by atoms with Crippen LogP contribution in [0.25, 0.3) is 11.0 Å². The largest absolute Gasteiger partial charge is 0.260 e. The molecule has 0 aliphatic heterocycles. The highest BCUT2D eigenvalue weighted by Gasteiger charge is 2.10. The standard InChI is InChI=1S/C8H8Cl2N4/c1-2-3-14-6-5(4-11-14)12-8(10)13-7(6)9/h4H,2-3H2,1H3. The second kappa shape index (κ2) is 3.71. The molecule has 0 spiro atoms. The van der Waals surface area contributed by atoms with Crippen LogP contribution in [-0.2, 0) is 6.54 Å². The van der Waals surface area contributed by atoms with Crippen LogP contribution in [0.15, 0.2) is 6.20 Å². The van der Waals surface area contributed by atoms with Crippen molar-refractivity contribution >= 4 is 34.2 Å². The lowest BCUT2D eigenvalue weighted by Crippen LogP contribution is -1.99. The third-order valence-corrected chi connectivity index (χ3v) is 2.29. The van der Waals surface area contributed by atoms with Crippen LogP contribution in [0, 0.1) is 0 Å². The number of rotatable bonds is 2. The summed E-state index contributed by atoms with van der Waals surface area (Å²) in [5.74, 6) is 0. The van der Waals surface area contributed by atoms with Crippen molar-refractivity contribution in [2.24, 2.45) is 0 Å². The molecule has 0 fully saturated rings. The first-order chi connectivity index (χ1) is 6.72. The van der Waals surface area contributed by atoms with Crippen LogP contribution < -0.4 is 0 Å². The summed E-state index contributed by atoms with van der Waals surface area (Å²) in [4.78, 5) is 7.90. The van der Waals surface area contributed by atoms with E-state index in [-0.39, 0.29) is 5.28 Å². The molecule has 0 saturated carbocycles. The maximum atomic E-state index is 5.95. The van der Waals surface area contributed by atoms with Crippen LogP contribution in [0.2, 0.25) is 10.4 Å². The van der Waals surface area contributed by atoms with Crippen LogP contribution in [-0.4, -0.2) is 19.7 Å². The Kier molecular flexibility index (Phi) is 2.56. The van der Waals surface area contributed by atoms with Gasteiger partial charge in [0, 0.05) is 6.54 Å². The summed E-state index contributed by atoms with van der Waals surface area (Å²) in [5.41, 5.74) is 1.43. The Morgan fingerprint density at radius 3 is 2.86 bits per heavy atom. The van der Waals surface area contributed by atoms with Gasteiger partial charge in [-0.15, -0.1) is 0 Å². The van der Waals surface area contributed by atoms with Crippen LogP contribution in [0.5, 0.6) is 0 Å². The Morgan fingerprint density at radius 2 is 2.14 bits per heavy atom. The number of hydrogen-bond donors (Lipinski definition) is 0. The molecule has 0 bridgehead atoms. The highest BCUT2D eigenvalue weighted by atomic mass is 35.5. The quantitative estimate of drug-likeness (QED) is 0.589. The zero-order valence-corrected chi connectivity index (χ0v) is 9.05. The summed E-state index contributed by atoms with van der Waals surface area (Å²) in [6.45, 7) is 2.87. The predicted molar refractivity (Wildman–Crippen MR) is 55.6 cm³/mol. The molecule has 0 aliphatic rings. The molecule has 6 heteroatoms. The molecule has 2 aromatic heterocycles. The fourth-order valence-corrected chi connectivity index (χ4v) is 1.80. The van der Waals surface area contributed by atoms with E-state index in [0.29, 0.717) is 10.7 Å². The van der Waals surface area contributed by atoms with Gasteiger partial charge < -0.3 is 0 Å². The minimum Gasteiger partial charge on any atom is -0.260 e. The molecular weight excluding hydrogens is 223 g/mol. The topological polar surface area (TPSA) is 43.6 Å². The number of hydrogen-bond acceptors (Lipinski definition) is 3. The molecule has 14 heavy (non-hydrogen) atoms. The predicted octanol–water partition coefficient (Wildman–Crippen LogP) is 2.54. The van der Waals surface area contributed by atoms with Crippen LogP contribution in [0.4, 0.5) is 0 Å². The average molecular weight is 231 g/mol. The molecule has 0 aromatic carbocycles. The normalized spacial score (nSPS) is 11.1. The van der Waals surface area contributed by atoms with Gasteiger partial charge in [0.2, 0.25) is 5.28 Å². The monoisotopic (exact) mass is 230 g/mol. The average Bonchev–Trinajstić information content (AvgIpc) is 2.49. The third-order valence-electron chi connectivity index (χ3n) is 1.85. The van der Waals surface area contributed by atoms with E-state index in [1.165, 1.54) is 0 Å². The van der Waals surface area contributed by atoms with Crippen molar-refractivity contribution in [3.63, 3.8) is 0 Å². The lowest BCUT2D eigenvalue weighted by atomic mass is 10.4. The molecular formula is C8H8Cl2N4. The minimum atomic E-state index is 0.151. The van der Waals surface area contributed by atoms with Gasteiger partial charge in [-0.1, -0.05) is 18.5 Å². The Bertz CT molecular complexity index is 466. The van der Waals surface area contributed by atoms with Crippen molar-refractivity contribution in [1.29, 1.82) is 0 Å². The number of aromatic nitrogens is 4. The first-order valence-electron chi connectivity index (χ1n) is 4.27. The van der Waals surface area contributed by atoms with E-state index >= 15 is 0 Å². The summed E-state index contributed by atoms with van der Waals surface area (Å²) in [6.07, 6.45) is 2.63. The van der Waals surface area contributed by atoms with Crippen LogP contribution >= 0.6 is 23.2 Å². The van der Waals surface area contributed by atoms with Crippen molar-refractivity contribution in [2.75, 3.05) is 0 Å². The molecule has 0 amide bonds. The molecule has 2 heterocycles. The van der Waals surface area contributed by atoms with Gasteiger partial charge in [0.15, 0.2) is 5.15 Å². The summed E-state index contributed by atoms with van der Waals surface area (Å²) in [7, 11) is 0. The van der Waals surface area contributed by atoms with Gasteiger partial charge >= 0.3 is 0 Å². The molecule has 0 radical (unpaired) electrons. The Balaban J connectivity index is 2.66. The van der Waals surface area contributed by atoms with E-state index in [9.17, 15) is 0 Å². The van der Waals surface area contributed by atoms with Gasteiger partial charge in [-0.2, -0.15) is 5.10 Å². The molecule has 0 aliphatic carbocycles. The van der Waals surface area contributed by atoms with Crippen LogP contribution in [0.1, 0.15) is 13.3 Å². The maximum Gasteiger partial charge on any atom is 0.224 e. The van der Waals surface area contributed by atoms with Gasteiger partial charge in [0.05, 0.1) is 6.20 Å². The first-order valence-corrected chi connectivity index (χ1v) is 5.02. The van der Waals surface area contributed by atoms with E-state index in [4.69, 9.17) is 23.2 Å². The number of aryl methyl sites for hydroxylation is 1. The lowest BCUT2D eigenvalue weighted by Gasteiger charge is -2.01. The van der Waals surface area contributed by atoms with Crippen molar-refractivity contribution in [2.45, 2.75) is 19.9 Å². The smallest absolute Gasteiger partial charge is 0.224 e. The van der Waals surface area contributed by atoms with Gasteiger partial charge in [0.1, 0.15) is 11.0 Å². The molecule has 0 atom stereocenters. The summed E-state index contributed by atoms with van der Waals surface area (Å²) in [6, 6.07) is 0. The molecule has 2 rings (SSSR count). The third kappa shape index (κ3) is 1.55. The van der Waals surface area contributed by atoms with Gasteiger partial charge in [0.25, 0.3) is 0 Å². The van der Waals surface area contributed by atoms with E-state index < -0.39 is 0 Å². The molecule has 4 nitrogen and oxygen atoms in total. The van der Waals surface area contributed by atoms with E-state index in [1.54, 1.807) is 10.9 Å². The van der Waals surface area contributed by atoms with Crippen molar-refractivity contribution < 1.29 is 0 Å². The molecule has 0 saturated heterocycles. The fraction of sp³-hybridized carbons (Fsp3) is 0.375. The lowest BCUT2D eigenvalue weighted by molar-refractivity contribution is 0.622. The van der Waals surface area contributed by atoms with Gasteiger partial charge in [-0.3, -0.25) is 4.68 Å². The highest BCUT2D eigenvalue weighted by Crippen LogP contribution is 2.21. The summed E-state index contributed by atoms with van der Waals surface area (Å²) in [5, 5.41) is 4.66. The molecule has 74 valence electrons. The van der Waals surface area contributed by atoms with E-state index in [0.717, 1.165) is 18.5 Å². The van der Waals surface area contributed by atoms with E-state index in [1.807, 2.05) is 0 Å². The second-order valence-electron chi connectivity index (χ2n) is 2.89. The fourth-order valence-electron chi connectivity index (χ4n) is 1.31. The Morgan fingerprint density at radius 1 is 1.36 bits per heavy atom. The summed E-state index contributed by atoms with van der Waals surface area (Å²) >= 11 is 11.6. The van der Waals surface area contributed by atoms with E-state index in [2.05, 4.69) is 22.0 Å². The van der Waals surface area contributed by atoms with Crippen molar-refractivity contribution in [3.8, 4) is 0 Å². The highest BCUT2D eigenvalue weighted by molar-refractivity contribution is 6.35. The number of nitrogens with zero attached hydrogens (tertiary/aromatic N) is 4. The van der Waals surface area contributed by atoms with Gasteiger partial charge in [-0.05, 0) is 18.0 Å². The number of halogens is 2. The Hall–Kier alpha value is -0.870. The summed E-state index contributed by atoms with van der Waals surface area (Å²) < 4.78 is 1.79. The van der Waals surface area contributed by atoms with Gasteiger partial charge in [-0.25, -0.2) is 9.97 Å². The minimum absolute atomic E-state index is 0.151. The molecule has 0 N–H and O–H groups in total. The van der Waals surface area contributed by atoms with Crippen molar-refractivity contribution in [3.05, 3.63) is 16.6 Å². The molecule has 0 unspecified atom stereocenters.